The molecule has 0 saturated carbocycles. The van der Waals surface area contributed by atoms with Crippen molar-refractivity contribution in [3.05, 3.63) is 65.7 Å². The van der Waals surface area contributed by atoms with Gasteiger partial charge in [0.1, 0.15) is 5.75 Å². The number of hydrazone groups is 1. The summed E-state index contributed by atoms with van der Waals surface area (Å²) in [5.41, 5.74) is 2.99. The Kier molecular flexibility index (Phi) is 3.92. The second-order valence-corrected chi connectivity index (χ2v) is 5.27. The van der Waals surface area contributed by atoms with Crippen molar-refractivity contribution in [2.45, 2.75) is 19.4 Å². The Morgan fingerprint density at radius 2 is 1.95 bits per heavy atom. The number of rotatable bonds is 3. The molecule has 0 aromatic heterocycles. The van der Waals surface area contributed by atoms with Gasteiger partial charge >= 0.3 is 0 Å². The quantitative estimate of drug-likeness (QED) is 0.870. The molecule has 1 aliphatic heterocycles. The number of hydrogen-bond donors (Lipinski definition) is 0. The highest BCUT2D eigenvalue weighted by Gasteiger charge is 2.31. The molecular weight excluding hydrogens is 276 g/mol. The van der Waals surface area contributed by atoms with E-state index >= 15 is 0 Å². The zero-order chi connectivity index (χ0) is 15.5. The maximum absolute atomic E-state index is 11.9. The molecule has 0 aliphatic carbocycles. The fourth-order valence-corrected chi connectivity index (χ4v) is 2.71. The van der Waals surface area contributed by atoms with Gasteiger partial charge in [-0.3, -0.25) is 4.79 Å². The second kappa shape index (κ2) is 6.02. The summed E-state index contributed by atoms with van der Waals surface area (Å²) in [6.07, 6.45) is 0.705. The van der Waals surface area contributed by atoms with Crippen LogP contribution in [0, 0.1) is 0 Å². The molecule has 0 spiro atoms. The van der Waals surface area contributed by atoms with E-state index in [0.29, 0.717) is 6.42 Å². The number of carbonyl (C=O) groups excluding carboxylic acids is 1. The van der Waals surface area contributed by atoms with Crippen molar-refractivity contribution < 1.29 is 9.53 Å². The van der Waals surface area contributed by atoms with E-state index in [1.54, 1.807) is 19.0 Å². The molecular formula is C18H18N2O2. The number of hydrogen-bond acceptors (Lipinski definition) is 3. The van der Waals surface area contributed by atoms with E-state index in [1.807, 2.05) is 54.6 Å². The molecule has 1 aliphatic rings. The Hall–Kier alpha value is -2.62. The van der Waals surface area contributed by atoms with E-state index in [-0.39, 0.29) is 11.9 Å². The Morgan fingerprint density at radius 3 is 2.64 bits per heavy atom. The lowest BCUT2D eigenvalue weighted by molar-refractivity contribution is -0.130. The first-order valence-electron chi connectivity index (χ1n) is 7.25. The lowest BCUT2D eigenvalue weighted by Crippen LogP contribution is -2.24. The highest BCUT2D eigenvalue weighted by atomic mass is 16.5. The Balaban J connectivity index is 1.94. The van der Waals surface area contributed by atoms with E-state index in [1.165, 1.54) is 0 Å². The van der Waals surface area contributed by atoms with Crippen molar-refractivity contribution in [1.82, 2.24) is 5.01 Å². The number of methoxy groups -OCH3 is 1. The number of nitrogens with zero attached hydrogens (tertiary/aromatic N) is 2. The minimum atomic E-state index is -0.0493. The molecule has 0 radical (unpaired) electrons. The number of amides is 1. The van der Waals surface area contributed by atoms with Gasteiger partial charge in [0.15, 0.2) is 0 Å². The molecule has 0 fully saturated rings. The smallest absolute Gasteiger partial charge is 0.240 e. The van der Waals surface area contributed by atoms with E-state index in [0.717, 1.165) is 22.6 Å². The van der Waals surface area contributed by atoms with Crippen molar-refractivity contribution in [3.63, 3.8) is 0 Å². The fraction of sp³-hybridized carbons (Fsp3) is 0.222. The van der Waals surface area contributed by atoms with Crippen LogP contribution in [-0.2, 0) is 4.79 Å². The highest BCUT2D eigenvalue weighted by Crippen LogP contribution is 2.33. The summed E-state index contributed by atoms with van der Waals surface area (Å²) >= 11 is 0. The van der Waals surface area contributed by atoms with Crippen molar-refractivity contribution in [2.75, 3.05) is 7.11 Å². The van der Waals surface area contributed by atoms with Crippen LogP contribution >= 0.6 is 0 Å². The van der Waals surface area contributed by atoms with Crippen molar-refractivity contribution in [3.8, 4) is 5.75 Å². The summed E-state index contributed by atoms with van der Waals surface area (Å²) < 4.78 is 5.26. The zero-order valence-electron chi connectivity index (χ0n) is 12.7. The molecule has 1 heterocycles. The first-order valence-corrected chi connectivity index (χ1v) is 7.25. The summed E-state index contributed by atoms with van der Waals surface area (Å²) in [6, 6.07) is 17.7. The van der Waals surface area contributed by atoms with Gasteiger partial charge in [0, 0.05) is 18.9 Å². The normalized spacial score (nSPS) is 17.3. The summed E-state index contributed by atoms with van der Waals surface area (Å²) in [7, 11) is 1.64. The second-order valence-electron chi connectivity index (χ2n) is 5.27. The van der Waals surface area contributed by atoms with Gasteiger partial charge in [0.05, 0.1) is 18.9 Å². The number of ether oxygens (including phenoxy) is 1. The van der Waals surface area contributed by atoms with Gasteiger partial charge < -0.3 is 4.74 Å². The number of carbonyl (C=O) groups is 1. The standard InChI is InChI=1S/C18H18N2O2/c1-13(21)20-18(14-7-4-3-5-8-14)12-17(19-20)15-9-6-10-16(11-15)22-2/h3-11,18H,12H2,1-2H3. The molecule has 1 amide bonds. The van der Waals surface area contributed by atoms with E-state index in [4.69, 9.17) is 4.74 Å². The van der Waals surface area contributed by atoms with Crippen LogP contribution in [0.15, 0.2) is 59.7 Å². The van der Waals surface area contributed by atoms with Gasteiger partial charge in [0.2, 0.25) is 5.91 Å². The van der Waals surface area contributed by atoms with Gasteiger partial charge in [-0.15, -0.1) is 0 Å². The molecule has 3 rings (SSSR count). The molecule has 4 nitrogen and oxygen atoms in total. The van der Waals surface area contributed by atoms with Crippen LogP contribution in [0.4, 0.5) is 0 Å². The molecule has 2 aromatic carbocycles. The molecule has 112 valence electrons. The van der Waals surface area contributed by atoms with E-state index < -0.39 is 0 Å². The number of benzene rings is 2. The summed E-state index contributed by atoms with van der Waals surface area (Å²) in [5, 5.41) is 6.11. The zero-order valence-corrected chi connectivity index (χ0v) is 12.7. The van der Waals surface area contributed by atoms with Gasteiger partial charge in [-0.1, -0.05) is 42.5 Å². The van der Waals surface area contributed by atoms with Gasteiger partial charge in [-0.2, -0.15) is 5.10 Å². The van der Waals surface area contributed by atoms with Gasteiger partial charge in [-0.05, 0) is 17.7 Å². The third-order valence-electron chi connectivity index (χ3n) is 3.82. The van der Waals surface area contributed by atoms with Crippen LogP contribution < -0.4 is 4.74 Å². The third kappa shape index (κ3) is 2.72. The van der Waals surface area contributed by atoms with E-state index in [9.17, 15) is 4.79 Å². The highest BCUT2D eigenvalue weighted by molar-refractivity contribution is 6.03. The molecule has 2 aromatic rings. The average Bonchev–Trinajstić information content (AvgIpc) is 3.01. The Labute approximate surface area is 130 Å². The maximum atomic E-state index is 11.9. The molecule has 0 N–H and O–H groups in total. The summed E-state index contributed by atoms with van der Waals surface area (Å²) in [6.45, 7) is 1.55. The van der Waals surface area contributed by atoms with Crippen LogP contribution in [0.25, 0.3) is 0 Å². The van der Waals surface area contributed by atoms with Crippen LogP contribution in [0.2, 0.25) is 0 Å². The van der Waals surface area contributed by atoms with Gasteiger partial charge in [0.25, 0.3) is 0 Å². The van der Waals surface area contributed by atoms with Crippen molar-refractivity contribution in [1.29, 1.82) is 0 Å². The lowest BCUT2D eigenvalue weighted by atomic mass is 9.98. The van der Waals surface area contributed by atoms with Crippen molar-refractivity contribution in [2.24, 2.45) is 5.10 Å². The third-order valence-corrected chi connectivity index (χ3v) is 3.82. The first-order chi connectivity index (χ1) is 10.7. The Bertz CT molecular complexity index is 710. The predicted molar refractivity (Wildman–Crippen MR) is 85.9 cm³/mol. The topological polar surface area (TPSA) is 41.9 Å². The van der Waals surface area contributed by atoms with Crippen molar-refractivity contribution >= 4 is 11.6 Å². The van der Waals surface area contributed by atoms with E-state index in [2.05, 4.69) is 5.10 Å². The maximum Gasteiger partial charge on any atom is 0.240 e. The molecule has 22 heavy (non-hydrogen) atoms. The van der Waals surface area contributed by atoms with Crippen LogP contribution in [0.1, 0.15) is 30.5 Å². The fourth-order valence-electron chi connectivity index (χ4n) is 2.71. The molecule has 0 bridgehead atoms. The molecule has 0 saturated heterocycles. The minimum Gasteiger partial charge on any atom is -0.497 e. The molecule has 1 unspecified atom stereocenters. The lowest BCUT2D eigenvalue weighted by Gasteiger charge is -2.20. The molecule has 4 heteroatoms. The first kappa shape index (κ1) is 14.3. The Morgan fingerprint density at radius 1 is 1.18 bits per heavy atom. The SMILES string of the molecule is COc1cccc(C2=NN(C(C)=O)C(c3ccccc3)C2)c1. The average molecular weight is 294 g/mol. The van der Waals surface area contributed by atoms with Crippen LogP contribution in [0.3, 0.4) is 0 Å². The van der Waals surface area contributed by atoms with Crippen LogP contribution in [0.5, 0.6) is 5.75 Å². The summed E-state index contributed by atoms with van der Waals surface area (Å²) in [5.74, 6) is 0.740. The monoisotopic (exact) mass is 294 g/mol. The predicted octanol–water partition coefficient (Wildman–Crippen LogP) is 3.39. The summed E-state index contributed by atoms with van der Waals surface area (Å²) in [4.78, 5) is 11.9. The largest absolute Gasteiger partial charge is 0.497 e. The molecule has 1 atom stereocenters. The van der Waals surface area contributed by atoms with Gasteiger partial charge in [-0.25, -0.2) is 5.01 Å². The van der Waals surface area contributed by atoms with Crippen LogP contribution in [-0.4, -0.2) is 23.7 Å². The minimum absolute atomic E-state index is 0.0418.